The summed E-state index contributed by atoms with van der Waals surface area (Å²) in [5, 5.41) is 18.6. The molecule has 79 heavy (non-hydrogen) atoms. The van der Waals surface area contributed by atoms with Gasteiger partial charge in [0.2, 0.25) is 11.9 Å². The number of hydrogen-bond acceptors (Lipinski definition) is 14. The molecular formula is C52H61F10N9O8. The number of ether oxygens (including phenoxy) is 3. The number of hydrogen-bond donors (Lipinski definition) is 3. The van der Waals surface area contributed by atoms with Gasteiger partial charge < -0.3 is 29.5 Å². The number of esters is 1. The first-order valence-corrected chi connectivity index (χ1v) is 25.1. The van der Waals surface area contributed by atoms with E-state index in [1.807, 2.05) is 5.32 Å². The summed E-state index contributed by atoms with van der Waals surface area (Å²) in [4.78, 5) is 67.2. The number of Topliss-reactive ketones (excluding diaryl/α,β-unsaturated/α-hetero) is 1. The van der Waals surface area contributed by atoms with Gasteiger partial charge in [-0.25, -0.2) is 37.3 Å². The largest absolute Gasteiger partial charge is 0.469 e. The monoisotopic (exact) mass is 1130 g/mol. The fourth-order valence-electron chi connectivity index (χ4n) is 10.0. The van der Waals surface area contributed by atoms with Gasteiger partial charge in [0.1, 0.15) is 24.2 Å². The number of carbonyl (C=O) groups excluding carboxylic acids is 4. The standard InChI is InChI=1S/C52H61F10N9O8/c1-49(2,51(57,58)59)37(18-44(74)77-5)46(75)67-69(23-36-38(53)14-30(15-39(36)54)40-11-12-68(66-40)25-43(55)56)24-42(73)31(16-41(72)45(65-48(76)78-6)50(3,4)52(60,61)62)13-28-7-9-29(10-8-28)32-19-63-47(64-20-32)71-22-33-17-34(71)21-70(33)35-26-79-27-35/h7-12,14-15,19-20,31,33-35,37,42-43,45,73H,13,16-18,21-27H2,1-6H3,(H,65,76)(H,67,75)/t31-,33-,34-,37-,42+,45-/m1/s1. The minimum absolute atomic E-state index is 0.137. The highest BCUT2D eigenvalue weighted by molar-refractivity contribution is 5.88. The molecule has 2 amide bonds. The van der Waals surface area contributed by atoms with Gasteiger partial charge in [0, 0.05) is 80.0 Å². The van der Waals surface area contributed by atoms with Gasteiger partial charge in [-0.1, -0.05) is 38.1 Å². The summed E-state index contributed by atoms with van der Waals surface area (Å²) in [5.41, 5.74) is -3.46. The van der Waals surface area contributed by atoms with Crippen molar-refractivity contribution in [3.05, 3.63) is 83.8 Å². The number of aliphatic hydroxyl groups excluding tert-OH is 1. The summed E-state index contributed by atoms with van der Waals surface area (Å²) < 4.78 is 161. The van der Waals surface area contributed by atoms with Crippen LogP contribution in [-0.4, -0.2) is 155 Å². The van der Waals surface area contributed by atoms with Crippen LogP contribution >= 0.6 is 0 Å². The fraction of sp³-hybridized carbons (Fsp3) is 0.558. The molecule has 3 aliphatic heterocycles. The van der Waals surface area contributed by atoms with Crippen molar-refractivity contribution >= 4 is 29.7 Å². The average Bonchev–Trinajstić information content (AvgIpc) is 4.36. The van der Waals surface area contributed by atoms with Crippen LogP contribution in [0.25, 0.3) is 22.4 Å². The van der Waals surface area contributed by atoms with E-state index >= 15 is 8.78 Å². The Bertz CT molecular complexity index is 2770. The quantitative estimate of drug-likeness (QED) is 0.0381. The van der Waals surface area contributed by atoms with E-state index in [4.69, 9.17) is 4.74 Å². The number of rotatable bonds is 23. The lowest BCUT2D eigenvalue weighted by atomic mass is 9.75. The molecule has 3 saturated heterocycles. The Balaban J connectivity index is 1.20. The van der Waals surface area contributed by atoms with E-state index in [2.05, 4.69) is 39.8 Å². The third kappa shape index (κ3) is 13.8. The lowest BCUT2D eigenvalue weighted by Crippen LogP contribution is -2.57. The molecule has 2 bridgehead atoms. The van der Waals surface area contributed by atoms with Crippen molar-refractivity contribution in [1.29, 1.82) is 0 Å². The second kappa shape index (κ2) is 24.1. The molecule has 0 unspecified atom stereocenters. The fourth-order valence-corrected chi connectivity index (χ4v) is 10.0. The van der Waals surface area contributed by atoms with Crippen LogP contribution in [-0.2, 0) is 48.1 Å². The number of ketones is 1. The molecule has 432 valence electrons. The molecule has 2 aromatic heterocycles. The Morgan fingerprint density at radius 2 is 1.46 bits per heavy atom. The number of anilines is 1. The van der Waals surface area contributed by atoms with E-state index in [1.54, 1.807) is 36.7 Å². The number of nitrogens with zero attached hydrogens (tertiary/aromatic N) is 7. The number of carbonyl (C=O) groups is 4. The van der Waals surface area contributed by atoms with Crippen LogP contribution < -0.4 is 15.6 Å². The van der Waals surface area contributed by atoms with Crippen LogP contribution in [0.4, 0.5) is 54.6 Å². The Labute approximate surface area is 447 Å². The lowest BCUT2D eigenvalue weighted by Gasteiger charge is -2.42. The zero-order chi connectivity index (χ0) is 57.9. The van der Waals surface area contributed by atoms with Crippen molar-refractivity contribution in [3.8, 4) is 22.4 Å². The van der Waals surface area contributed by atoms with Crippen molar-refractivity contribution < 1.29 is 82.4 Å². The Kier molecular flexibility index (Phi) is 18.4. The van der Waals surface area contributed by atoms with Crippen LogP contribution in [0.3, 0.4) is 0 Å². The molecule has 3 aliphatic rings. The van der Waals surface area contributed by atoms with Crippen molar-refractivity contribution in [1.82, 2.24) is 40.4 Å². The predicted molar refractivity (Wildman–Crippen MR) is 262 cm³/mol. The van der Waals surface area contributed by atoms with Crippen molar-refractivity contribution in [2.75, 3.05) is 52.0 Å². The summed E-state index contributed by atoms with van der Waals surface area (Å²) in [7, 11) is 1.71. The van der Waals surface area contributed by atoms with Crippen LogP contribution in [0.2, 0.25) is 0 Å². The zero-order valence-electron chi connectivity index (χ0n) is 43.9. The van der Waals surface area contributed by atoms with E-state index < -0.39 is 127 Å². The van der Waals surface area contributed by atoms with E-state index in [0.29, 0.717) is 80.6 Å². The molecule has 6 atom stereocenters. The normalized spacial score (nSPS) is 18.8. The Hall–Kier alpha value is -6.45. The SMILES string of the molecule is COC(=O)C[C@H](C(=O)NN(Cc1c(F)cc(-c2ccn(CC(F)F)n2)cc1F)C[C@H](O)[C@@H](CC(=O)[C@@H](NC(=O)OC)C(C)(C)C(F)(F)F)Cc1ccc(-c2cnc(N3C[C@H]4C[C@@H]3CN4C3COC3)nc2)cc1)C(C)(C)C(F)(F)F. The molecule has 3 N–H and O–H groups in total. The van der Waals surface area contributed by atoms with Gasteiger partial charge >= 0.3 is 24.4 Å². The number of fused-ring (bicyclic) bond motifs is 2. The molecule has 0 aliphatic carbocycles. The highest BCUT2D eigenvalue weighted by Gasteiger charge is 2.57. The zero-order valence-corrected chi connectivity index (χ0v) is 43.9. The van der Waals surface area contributed by atoms with Gasteiger partial charge in [0.25, 0.3) is 6.43 Å². The maximum absolute atomic E-state index is 16.1. The van der Waals surface area contributed by atoms with E-state index in [0.717, 1.165) is 56.7 Å². The first kappa shape index (κ1) is 60.2. The molecular weight excluding hydrogens is 1070 g/mol. The second-order valence-electron chi connectivity index (χ2n) is 21.2. The third-order valence-electron chi connectivity index (χ3n) is 15.2. The van der Waals surface area contributed by atoms with Crippen molar-refractivity contribution in [2.24, 2.45) is 22.7 Å². The first-order chi connectivity index (χ1) is 37.0. The summed E-state index contributed by atoms with van der Waals surface area (Å²) in [6, 6.07) is 7.85. The number of benzene rings is 2. The number of alkyl carbamates (subject to hydrolysis) is 1. The van der Waals surface area contributed by atoms with Crippen LogP contribution in [0.15, 0.2) is 61.1 Å². The van der Waals surface area contributed by atoms with Gasteiger partial charge in [0.05, 0.1) is 68.4 Å². The molecule has 0 radical (unpaired) electrons. The Morgan fingerprint density at radius 3 is 1.99 bits per heavy atom. The summed E-state index contributed by atoms with van der Waals surface area (Å²) in [6.45, 7) is 2.66. The number of methoxy groups -OCH3 is 2. The minimum Gasteiger partial charge on any atom is -0.469 e. The second-order valence-corrected chi connectivity index (χ2v) is 21.2. The molecule has 17 nitrogen and oxygen atoms in total. The van der Waals surface area contributed by atoms with E-state index in [1.165, 1.54) is 6.07 Å². The number of likely N-dealkylation sites (tertiary alicyclic amines) is 1. The summed E-state index contributed by atoms with van der Waals surface area (Å²) >= 11 is 0. The molecule has 2 aromatic carbocycles. The molecule has 3 fully saturated rings. The molecule has 5 heterocycles. The first-order valence-electron chi connectivity index (χ1n) is 25.1. The number of alkyl halides is 8. The number of halogens is 10. The third-order valence-corrected chi connectivity index (χ3v) is 15.2. The molecule has 27 heteroatoms. The van der Waals surface area contributed by atoms with E-state index in [9.17, 15) is 59.4 Å². The number of aromatic nitrogens is 4. The van der Waals surface area contributed by atoms with Crippen LogP contribution in [0.5, 0.6) is 0 Å². The number of hydrazine groups is 1. The minimum atomic E-state index is -5.15. The molecule has 0 spiro atoms. The average molecular weight is 1130 g/mol. The molecule has 7 rings (SSSR count). The number of aliphatic hydroxyl groups is 1. The van der Waals surface area contributed by atoms with Crippen LogP contribution in [0.1, 0.15) is 58.1 Å². The van der Waals surface area contributed by atoms with Gasteiger partial charge in [-0.15, -0.1) is 0 Å². The summed E-state index contributed by atoms with van der Waals surface area (Å²) in [6.07, 6.45) is -13.6. The van der Waals surface area contributed by atoms with Gasteiger partial charge in [-0.05, 0) is 61.9 Å². The highest BCUT2D eigenvalue weighted by Crippen LogP contribution is 2.46. The van der Waals surface area contributed by atoms with E-state index in [-0.39, 0.29) is 23.7 Å². The number of nitrogens with one attached hydrogen (secondary N) is 2. The number of amides is 2. The summed E-state index contributed by atoms with van der Waals surface area (Å²) in [5.74, 6) is -9.99. The van der Waals surface area contributed by atoms with Crippen LogP contribution in [0, 0.1) is 34.3 Å². The maximum Gasteiger partial charge on any atom is 0.407 e. The molecule has 0 saturated carbocycles. The smallest absolute Gasteiger partial charge is 0.407 e. The molecule has 4 aromatic rings. The number of piperazine rings is 1. The Morgan fingerprint density at radius 1 is 0.823 bits per heavy atom. The van der Waals surface area contributed by atoms with Crippen molar-refractivity contribution in [2.45, 2.75) is 116 Å². The van der Waals surface area contributed by atoms with Gasteiger partial charge in [-0.3, -0.25) is 29.4 Å². The van der Waals surface area contributed by atoms with Gasteiger partial charge in [-0.2, -0.15) is 31.4 Å². The van der Waals surface area contributed by atoms with Crippen molar-refractivity contribution in [3.63, 3.8) is 0 Å². The lowest BCUT2D eigenvalue weighted by molar-refractivity contribution is -0.231. The maximum atomic E-state index is 16.1. The predicted octanol–water partition coefficient (Wildman–Crippen LogP) is 7.31. The van der Waals surface area contributed by atoms with Gasteiger partial charge in [0.15, 0.2) is 5.78 Å². The highest BCUT2D eigenvalue weighted by atomic mass is 19.4. The topological polar surface area (TPSA) is 194 Å².